The number of benzene rings is 3. The number of hydrogen-bond donors (Lipinski definition) is 4. The predicted octanol–water partition coefficient (Wildman–Crippen LogP) is 7.50. The minimum absolute atomic E-state index is 0.0532. The van der Waals surface area contributed by atoms with Gasteiger partial charge in [0, 0.05) is 40.0 Å². The molecule has 17 heteroatoms. The molecule has 350 valence electrons. The number of aromatic nitrogens is 4. The van der Waals surface area contributed by atoms with Crippen LogP contribution in [0.2, 0.25) is 0 Å². The number of methoxy groups -OCH3 is 3. The van der Waals surface area contributed by atoms with Gasteiger partial charge in [0.25, 0.3) is 0 Å². The molecule has 8 atom stereocenters. The van der Waals surface area contributed by atoms with Crippen molar-refractivity contribution in [2.24, 2.45) is 0 Å². The highest BCUT2D eigenvalue weighted by molar-refractivity contribution is 5.88. The molecule has 0 bridgehead atoms. The van der Waals surface area contributed by atoms with Gasteiger partial charge >= 0.3 is 12.2 Å². The number of alkyl carbamates (subject to hydrolysis) is 1. The Morgan fingerprint density at radius 1 is 0.697 bits per heavy atom. The Labute approximate surface area is 384 Å². The van der Waals surface area contributed by atoms with Gasteiger partial charge in [-0.15, -0.1) is 0 Å². The summed E-state index contributed by atoms with van der Waals surface area (Å²) in [5, 5.41) is 12.5. The number of imidazole rings is 2. The first kappa shape index (κ1) is 45.0. The second kappa shape index (κ2) is 18.6. The first-order chi connectivity index (χ1) is 31.9. The molecule has 1 unspecified atom stereocenters. The molecule has 4 amide bonds. The summed E-state index contributed by atoms with van der Waals surface area (Å²) in [7, 11) is 5.67. The lowest BCUT2D eigenvalue weighted by molar-refractivity contribution is -0.141. The number of likely N-dealkylation sites (N-methyl/N-ethyl adjacent to an activating group) is 1. The summed E-state index contributed by atoms with van der Waals surface area (Å²) in [6.07, 6.45) is 4.21. The van der Waals surface area contributed by atoms with E-state index in [0.717, 1.165) is 75.9 Å². The molecular weight excluding hydrogens is 843 g/mol. The van der Waals surface area contributed by atoms with Crippen LogP contribution in [0.4, 0.5) is 15.3 Å². The van der Waals surface area contributed by atoms with Crippen LogP contribution in [0.25, 0.3) is 22.1 Å². The number of carbonyl (C=O) groups is 4. The fourth-order valence-corrected chi connectivity index (χ4v) is 10.6. The maximum absolute atomic E-state index is 14.0. The van der Waals surface area contributed by atoms with Gasteiger partial charge in [0.2, 0.25) is 11.8 Å². The lowest BCUT2D eigenvalue weighted by atomic mass is 10.0. The van der Waals surface area contributed by atoms with E-state index in [0.29, 0.717) is 37.1 Å². The van der Waals surface area contributed by atoms with Crippen LogP contribution in [0.1, 0.15) is 124 Å². The van der Waals surface area contributed by atoms with Crippen LogP contribution in [0.3, 0.4) is 0 Å². The molecule has 0 spiro atoms. The topological polar surface area (TPSA) is 199 Å². The van der Waals surface area contributed by atoms with Crippen molar-refractivity contribution in [2.45, 2.75) is 120 Å². The Kier molecular flexibility index (Phi) is 12.7. The number of amides is 4. The van der Waals surface area contributed by atoms with Gasteiger partial charge in [0.15, 0.2) is 0 Å². The zero-order valence-corrected chi connectivity index (χ0v) is 38.5. The summed E-state index contributed by atoms with van der Waals surface area (Å²) in [5.74, 6) is 1.49. The number of anilines is 1. The van der Waals surface area contributed by atoms with E-state index in [1.165, 1.54) is 46.8 Å². The van der Waals surface area contributed by atoms with Gasteiger partial charge in [0.1, 0.15) is 23.7 Å². The van der Waals surface area contributed by atoms with E-state index in [2.05, 4.69) is 80.8 Å². The number of carboxylic acid groups (broad SMARTS) is 1. The first-order valence-corrected chi connectivity index (χ1v) is 23.2. The van der Waals surface area contributed by atoms with E-state index in [9.17, 15) is 24.3 Å². The number of carbonyl (C=O) groups excluding carboxylic acids is 3. The number of nitrogens with one attached hydrogen (secondary N) is 3. The highest BCUT2D eigenvalue weighted by atomic mass is 16.5. The van der Waals surface area contributed by atoms with Gasteiger partial charge < -0.3 is 49.3 Å². The number of aromatic amines is 2. The summed E-state index contributed by atoms with van der Waals surface area (Å²) in [6, 6.07) is 19.5. The average Bonchev–Trinajstić information content (AvgIpc) is 3.87. The number of fused-ring (bicyclic) bond motifs is 2. The fourth-order valence-electron chi connectivity index (χ4n) is 10.6. The van der Waals surface area contributed by atoms with Gasteiger partial charge in [-0.05, 0) is 124 Å². The van der Waals surface area contributed by atoms with Gasteiger partial charge in [-0.1, -0.05) is 24.3 Å². The third-order valence-electron chi connectivity index (χ3n) is 14.5. The molecule has 17 nitrogen and oxygen atoms in total. The van der Waals surface area contributed by atoms with Crippen LogP contribution in [0.15, 0.2) is 60.7 Å². The van der Waals surface area contributed by atoms with Gasteiger partial charge in [-0.3, -0.25) is 14.5 Å². The molecule has 4 aliphatic rings. The van der Waals surface area contributed by atoms with E-state index in [1.54, 1.807) is 23.6 Å². The maximum Gasteiger partial charge on any atom is 0.407 e. The molecule has 3 aromatic carbocycles. The first-order valence-electron chi connectivity index (χ1n) is 23.2. The summed E-state index contributed by atoms with van der Waals surface area (Å²) in [5.41, 5.74) is 8.24. The van der Waals surface area contributed by atoms with E-state index in [-0.39, 0.29) is 36.0 Å². The van der Waals surface area contributed by atoms with Crippen LogP contribution in [0, 0.1) is 0 Å². The van der Waals surface area contributed by atoms with Gasteiger partial charge in [-0.2, -0.15) is 0 Å². The third kappa shape index (κ3) is 8.54. The minimum Gasteiger partial charge on any atom is -0.465 e. The fraction of sp³-hybridized carbons (Fsp3) is 0.510. The van der Waals surface area contributed by atoms with Crippen molar-refractivity contribution in [3.8, 4) is 0 Å². The highest BCUT2D eigenvalue weighted by Crippen LogP contribution is 2.49. The van der Waals surface area contributed by atoms with Crippen molar-refractivity contribution in [2.75, 3.05) is 46.4 Å². The van der Waals surface area contributed by atoms with Gasteiger partial charge in [-0.25, -0.2) is 19.6 Å². The number of nitrogens with zero attached hydrogens (tertiary/aromatic N) is 6. The number of hydrogen-bond acceptors (Lipinski definition) is 10. The monoisotopic (exact) mass is 903 g/mol. The molecule has 3 aliphatic heterocycles. The molecule has 5 aromatic rings. The summed E-state index contributed by atoms with van der Waals surface area (Å²) in [6.45, 7) is 4.49. The van der Waals surface area contributed by atoms with Crippen molar-refractivity contribution in [1.29, 1.82) is 0 Å². The Hall–Kier alpha value is -6.20. The number of H-pyrrole nitrogens is 2. The molecule has 3 saturated heterocycles. The van der Waals surface area contributed by atoms with Crippen LogP contribution in [0.5, 0.6) is 0 Å². The lowest BCUT2D eigenvalue weighted by Gasteiger charge is -2.34. The second-order valence-corrected chi connectivity index (χ2v) is 18.4. The largest absolute Gasteiger partial charge is 0.465 e. The quantitative estimate of drug-likeness (QED) is 0.0861. The average molecular weight is 904 g/mol. The second-order valence-electron chi connectivity index (χ2n) is 18.4. The lowest BCUT2D eigenvalue weighted by Crippen LogP contribution is -2.54. The Morgan fingerprint density at radius 3 is 1.70 bits per heavy atom. The van der Waals surface area contributed by atoms with E-state index < -0.39 is 36.5 Å². The smallest absolute Gasteiger partial charge is 0.407 e. The Balaban J connectivity index is 0.997. The SMILES string of the molecule is COC(=O)N[C@H](C(=O)N1CCC[C@H]1c1nc2ccc([C@@H]3CC[C@@H](c4ccc5nc([C@@H]6CCCN6C(=O)[C@H]([C@@H](C)OC)N(C)C(=O)O)[nH]c5c4)N3c3ccc(C4CC4)cc3)cc2[nH]1)C(C)OC. The third-order valence-corrected chi connectivity index (χ3v) is 14.5. The zero-order chi connectivity index (χ0) is 46.4. The van der Waals surface area contributed by atoms with Crippen molar-refractivity contribution < 1.29 is 38.5 Å². The number of rotatable bonds is 14. The van der Waals surface area contributed by atoms with Crippen LogP contribution in [-0.2, 0) is 23.8 Å². The van der Waals surface area contributed by atoms with Crippen molar-refractivity contribution >= 4 is 51.8 Å². The van der Waals surface area contributed by atoms with Crippen molar-refractivity contribution in [3.63, 3.8) is 0 Å². The molecule has 1 aliphatic carbocycles. The molecule has 1 saturated carbocycles. The maximum atomic E-state index is 14.0. The minimum atomic E-state index is -1.19. The normalized spacial score (nSPS) is 22.7. The molecule has 4 fully saturated rings. The molecule has 9 rings (SSSR count). The van der Waals surface area contributed by atoms with Crippen LogP contribution < -0.4 is 10.2 Å². The van der Waals surface area contributed by atoms with Crippen molar-refractivity contribution in [1.82, 2.24) is 40.0 Å². The summed E-state index contributed by atoms with van der Waals surface area (Å²) in [4.78, 5) is 76.5. The molecule has 5 heterocycles. The molecule has 66 heavy (non-hydrogen) atoms. The molecular formula is C49H61N9O8. The van der Waals surface area contributed by atoms with Crippen LogP contribution in [-0.4, -0.2) is 130 Å². The number of ether oxygens (including phenoxy) is 3. The van der Waals surface area contributed by atoms with Crippen LogP contribution >= 0.6 is 0 Å². The summed E-state index contributed by atoms with van der Waals surface area (Å²) >= 11 is 0. The Morgan fingerprint density at radius 2 is 1.21 bits per heavy atom. The Bertz CT molecular complexity index is 2590. The molecule has 4 N–H and O–H groups in total. The van der Waals surface area contributed by atoms with E-state index in [1.807, 2.05) is 0 Å². The predicted molar refractivity (Wildman–Crippen MR) is 247 cm³/mol. The summed E-state index contributed by atoms with van der Waals surface area (Å²) < 4.78 is 15.8. The molecule has 0 radical (unpaired) electrons. The van der Waals surface area contributed by atoms with Crippen molar-refractivity contribution in [3.05, 3.63) is 89.0 Å². The highest BCUT2D eigenvalue weighted by Gasteiger charge is 2.42. The number of likely N-dealkylation sites (tertiary alicyclic amines) is 2. The van der Waals surface area contributed by atoms with E-state index in [4.69, 9.17) is 24.2 Å². The standard InChI is InChI=1S/C49H61N9O8/c1-27(64-4)42(54-48(61)66-6)46(59)56-23-7-9-40(56)44-50-34-19-15-31(25-36(34)52-44)38-21-22-39(58(38)33-17-13-30(14-18-33)29-11-12-29)32-16-20-35-37(26-32)53-45(51-35)41-10-8-24-57(41)47(60)43(28(2)65-5)55(3)49(62)63/h13-20,25-29,38-43H,7-12,21-24H2,1-6H3,(H,50,52)(H,51,53)(H,54,61)(H,62,63)/t27?,28-,38+,39+,40+,41+,42+,43+/m1/s1. The van der Waals surface area contributed by atoms with Gasteiger partial charge in [0.05, 0.1) is 65.6 Å². The van der Waals surface area contributed by atoms with E-state index >= 15 is 0 Å². The zero-order valence-electron chi connectivity index (χ0n) is 38.5. The molecule has 2 aromatic heterocycles.